The first-order chi connectivity index (χ1) is 16.0. The first kappa shape index (κ1) is 20.9. The SMILES string of the molecule is C#CCN1C(=O)C2(C(C#N)=C(N)N(c3ccc(Cl)cc3)C3=C2C(=O)CCC3)c2ccccc21. The molecule has 6 nitrogen and oxygen atoms in total. The molecule has 0 radical (unpaired) electrons. The van der Waals surface area contributed by atoms with Gasteiger partial charge in [0.1, 0.15) is 17.3 Å². The van der Waals surface area contributed by atoms with Crippen molar-refractivity contribution in [2.45, 2.75) is 24.7 Å². The van der Waals surface area contributed by atoms with Gasteiger partial charge in [0.15, 0.2) is 5.78 Å². The number of anilines is 2. The second-order valence-electron chi connectivity index (χ2n) is 8.14. The summed E-state index contributed by atoms with van der Waals surface area (Å²) in [4.78, 5) is 30.8. The summed E-state index contributed by atoms with van der Waals surface area (Å²) < 4.78 is 0. The third-order valence-electron chi connectivity index (χ3n) is 6.51. The van der Waals surface area contributed by atoms with Crippen LogP contribution >= 0.6 is 11.6 Å². The third kappa shape index (κ3) is 2.68. The van der Waals surface area contributed by atoms with Gasteiger partial charge >= 0.3 is 0 Å². The maximum absolute atomic E-state index is 14.1. The van der Waals surface area contributed by atoms with Crippen molar-refractivity contribution < 1.29 is 9.59 Å². The van der Waals surface area contributed by atoms with Gasteiger partial charge in [-0.1, -0.05) is 35.7 Å². The van der Waals surface area contributed by atoms with E-state index in [1.807, 2.05) is 0 Å². The van der Waals surface area contributed by atoms with Crippen molar-refractivity contribution in [1.82, 2.24) is 0 Å². The lowest BCUT2D eigenvalue weighted by atomic mass is 9.64. The van der Waals surface area contributed by atoms with Gasteiger partial charge in [0.05, 0.1) is 12.1 Å². The molecule has 5 rings (SSSR count). The van der Waals surface area contributed by atoms with E-state index in [2.05, 4.69) is 12.0 Å². The molecule has 1 atom stereocenters. The molecule has 33 heavy (non-hydrogen) atoms. The van der Waals surface area contributed by atoms with Crippen LogP contribution in [0.2, 0.25) is 5.02 Å². The number of rotatable bonds is 2. The molecule has 162 valence electrons. The standard InChI is InChI=1S/C26H19ClN4O2/c1-2-14-30-20-7-4-3-6-18(20)26(25(30)33)19(15-28)24(29)31(17-12-10-16(27)11-13-17)21-8-5-9-22(32)23(21)26/h1,3-4,6-7,10-13H,5,8-9,14,29H2. The van der Waals surface area contributed by atoms with Crippen LogP contribution in [0, 0.1) is 23.7 Å². The molecule has 1 unspecified atom stereocenters. The molecule has 3 aliphatic rings. The number of Topliss-reactive ketones (excluding diaryl/α,β-unsaturated/α-hetero) is 1. The van der Waals surface area contributed by atoms with Crippen molar-refractivity contribution in [3.63, 3.8) is 0 Å². The third-order valence-corrected chi connectivity index (χ3v) is 6.76. The molecule has 1 spiro atoms. The van der Waals surface area contributed by atoms with E-state index in [1.165, 1.54) is 4.90 Å². The lowest BCUT2D eigenvalue weighted by Crippen LogP contribution is -2.52. The predicted octanol–water partition coefficient (Wildman–Crippen LogP) is 3.78. The van der Waals surface area contributed by atoms with Gasteiger partial charge in [-0.15, -0.1) is 6.42 Å². The molecule has 2 N–H and O–H groups in total. The predicted molar refractivity (Wildman–Crippen MR) is 126 cm³/mol. The second-order valence-corrected chi connectivity index (χ2v) is 8.58. The van der Waals surface area contributed by atoms with E-state index < -0.39 is 11.3 Å². The zero-order chi connectivity index (χ0) is 23.3. The number of carbonyl (C=O) groups is 2. The zero-order valence-corrected chi connectivity index (χ0v) is 18.4. The monoisotopic (exact) mass is 454 g/mol. The van der Waals surface area contributed by atoms with Crippen molar-refractivity contribution in [1.29, 1.82) is 5.26 Å². The Hall–Kier alpha value is -4.00. The van der Waals surface area contributed by atoms with Gasteiger partial charge in [-0.2, -0.15) is 5.26 Å². The number of halogens is 1. The molecule has 0 bridgehead atoms. The number of benzene rings is 2. The number of nitriles is 1. The van der Waals surface area contributed by atoms with Crippen LogP contribution in [-0.4, -0.2) is 18.2 Å². The summed E-state index contributed by atoms with van der Waals surface area (Å²) in [6.07, 6.45) is 7.01. The highest BCUT2D eigenvalue weighted by atomic mass is 35.5. The minimum absolute atomic E-state index is 0.0217. The number of fused-ring (bicyclic) bond motifs is 3. The van der Waals surface area contributed by atoms with E-state index in [1.54, 1.807) is 53.4 Å². The Balaban J connectivity index is 1.88. The van der Waals surface area contributed by atoms with Gasteiger partial charge < -0.3 is 5.73 Å². The lowest BCUT2D eigenvalue weighted by molar-refractivity contribution is -0.124. The molecule has 7 heteroatoms. The summed E-state index contributed by atoms with van der Waals surface area (Å²) in [6.45, 7) is 0.0217. The van der Waals surface area contributed by atoms with Crippen LogP contribution in [0.3, 0.4) is 0 Å². The van der Waals surface area contributed by atoms with Crippen molar-refractivity contribution in [2.75, 3.05) is 16.3 Å². The van der Waals surface area contributed by atoms with E-state index in [0.29, 0.717) is 46.1 Å². The molecule has 0 aromatic heterocycles. The normalized spacial score (nSPS) is 21.8. The molecule has 2 aromatic carbocycles. The topological polar surface area (TPSA) is 90.4 Å². The number of nitrogens with two attached hydrogens (primary N) is 1. The molecule has 0 saturated heterocycles. The number of hydrogen-bond donors (Lipinski definition) is 1. The van der Waals surface area contributed by atoms with Crippen LogP contribution in [0.15, 0.2) is 71.2 Å². The Morgan fingerprint density at radius 2 is 1.85 bits per heavy atom. The van der Waals surface area contributed by atoms with E-state index in [9.17, 15) is 14.9 Å². The number of amides is 1. The highest BCUT2D eigenvalue weighted by Crippen LogP contribution is 2.56. The molecule has 0 fully saturated rings. The number of allylic oxidation sites excluding steroid dienone is 1. The highest BCUT2D eigenvalue weighted by molar-refractivity contribution is 6.30. The Morgan fingerprint density at radius 3 is 2.55 bits per heavy atom. The summed E-state index contributed by atoms with van der Waals surface area (Å²) >= 11 is 6.08. The van der Waals surface area contributed by atoms with E-state index in [0.717, 1.165) is 0 Å². The number of ketones is 1. The average molecular weight is 455 g/mol. The number of nitrogens with zero attached hydrogens (tertiary/aromatic N) is 3. The van der Waals surface area contributed by atoms with Crippen molar-refractivity contribution >= 4 is 34.7 Å². The second kappa shape index (κ2) is 7.55. The summed E-state index contributed by atoms with van der Waals surface area (Å²) in [5.41, 5.74) is 7.83. The van der Waals surface area contributed by atoms with E-state index in [-0.39, 0.29) is 30.1 Å². The number of terminal acetylenes is 1. The lowest BCUT2D eigenvalue weighted by Gasteiger charge is -2.43. The van der Waals surface area contributed by atoms with Crippen molar-refractivity contribution in [3.05, 3.63) is 81.8 Å². The quantitative estimate of drug-likeness (QED) is 0.697. The number of hydrogen-bond acceptors (Lipinski definition) is 5. The first-order valence-electron chi connectivity index (χ1n) is 10.5. The summed E-state index contributed by atoms with van der Waals surface area (Å²) in [7, 11) is 0. The van der Waals surface area contributed by atoms with Crippen LogP contribution in [0.4, 0.5) is 11.4 Å². The maximum Gasteiger partial charge on any atom is 0.248 e. The van der Waals surface area contributed by atoms with Gasteiger partial charge in [-0.3, -0.25) is 19.4 Å². The average Bonchev–Trinajstić information content (AvgIpc) is 3.05. The van der Waals surface area contributed by atoms with Crippen LogP contribution in [-0.2, 0) is 15.0 Å². The molecular weight excluding hydrogens is 436 g/mol. The van der Waals surface area contributed by atoms with Crippen LogP contribution in [0.1, 0.15) is 24.8 Å². The van der Waals surface area contributed by atoms with Crippen LogP contribution in [0.25, 0.3) is 0 Å². The summed E-state index contributed by atoms with van der Waals surface area (Å²) in [5.74, 6) is 2.06. The first-order valence-corrected chi connectivity index (χ1v) is 10.9. The van der Waals surface area contributed by atoms with Gasteiger partial charge in [0.25, 0.3) is 0 Å². The van der Waals surface area contributed by atoms with Crippen LogP contribution in [0.5, 0.6) is 0 Å². The Kier molecular flexibility index (Phi) is 4.78. The van der Waals surface area contributed by atoms with Crippen molar-refractivity contribution in [3.8, 4) is 18.4 Å². The van der Waals surface area contributed by atoms with Gasteiger partial charge in [-0.05, 0) is 43.2 Å². The summed E-state index contributed by atoms with van der Waals surface area (Å²) in [5, 5.41) is 10.9. The number of para-hydroxylation sites is 1. The largest absolute Gasteiger partial charge is 0.384 e. The molecule has 2 aliphatic heterocycles. The fourth-order valence-electron chi connectivity index (χ4n) is 5.26. The zero-order valence-electron chi connectivity index (χ0n) is 17.6. The van der Waals surface area contributed by atoms with Crippen LogP contribution < -0.4 is 15.5 Å². The molecule has 1 amide bonds. The molecule has 2 aromatic rings. The summed E-state index contributed by atoms with van der Waals surface area (Å²) in [6, 6.07) is 16.3. The van der Waals surface area contributed by atoms with E-state index in [4.69, 9.17) is 23.8 Å². The fraction of sp³-hybridized carbons (Fsp3) is 0.192. The van der Waals surface area contributed by atoms with Gasteiger partial charge in [0, 0.05) is 39.7 Å². The van der Waals surface area contributed by atoms with Gasteiger partial charge in [0.2, 0.25) is 5.91 Å². The molecule has 1 aliphatic carbocycles. The fourth-order valence-corrected chi connectivity index (χ4v) is 5.39. The van der Waals surface area contributed by atoms with Crippen molar-refractivity contribution in [2.24, 2.45) is 5.73 Å². The minimum Gasteiger partial charge on any atom is -0.384 e. The molecule has 2 heterocycles. The van der Waals surface area contributed by atoms with Gasteiger partial charge in [-0.25, -0.2) is 0 Å². The Bertz CT molecular complexity index is 1360. The maximum atomic E-state index is 14.1. The molecule has 0 saturated carbocycles. The van der Waals surface area contributed by atoms with E-state index >= 15 is 0 Å². The highest BCUT2D eigenvalue weighted by Gasteiger charge is 2.62. The Morgan fingerprint density at radius 1 is 1.12 bits per heavy atom. The number of carbonyl (C=O) groups excluding carboxylic acids is 2. The molecular formula is C26H19ClN4O2. The smallest absolute Gasteiger partial charge is 0.248 e. The Labute approximate surface area is 196 Å². The minimum atomic E-state index is -1.61.